The van der Waals surface area contributed by atoms with Gasteiger partial charge in [-0.25, -0.2) is 4.98 Å². The number of aromatic nitrogens is 1. The summed E-state index contributed by atoms with van der Waals surface area (Å²) in [4.78, 5) is 4.12. The zero-order valence-corrected chi connectivity index (χ0v) is 13.7. The van der Waals surface area contributed by atoms with E-state index in [1.807, 2.05) is 18.2 Å². The molecule has 0 unspecified atom stereocenters. The molecule has 2 N–H and O–H groups in total. The van der Waals surface area contributed by atoms with Gasteiger partial charge in [-0.2, -0.15) is 12.7 Å². The Kier molecular flexibility index (Phi) is 4.99. The molecule has 118 valence electrons. The first kappa shape index (κ1) is 16.3. The van der Waals surface area contributed by atoms with Gasteiger partial charge in [0, 0.05) is 19.8 Å². The summed E-state index contributed by atoms with van der Waals surface area (Å²) < 4.78 is 26.9. The quantitative estimate of drug-likeness (QED) is 0.858. The van der Waals surface area contributed by atoms with E-state index in [4.69, 9.17) is 0 Å². The molecule has 2 rings (SSSR count). The SMILES string of the molecule is CCc1ccccc1Nc1ccc(NS(=O)(=O)N(C)C)nc1. The number of anilines is 3. The molecule has 6 nitrogen and oxygen atoms in total. The first-order valence-corrected chi connectivity index (χ1v) is 8.37. The lowest BCUT2D eigenvalue weighted by Crippen LogP contribution is -2.29. The van der Waals surface area contributed by atoms with E-state index < -0.39 is 10.2 Å². The van der Waals surface area contributed by atoms with Crippen LogP contribution in [0.3, 0.4) is 0 Å². The molecule has 0 saturated carbocycles. The van der Waals surface area contributed by atoms with E-state index in [1.165, 1.54) is 19.7 Å². The molecule has 1 aromatic heterocycles. The maximum Gasteiger partial charge on any atom is 0.302 e. The van der Waals surface area contributed by atoms with Gasteiger partial charge in [0.1, 0.15) is 5.82 Å². The maximum atomic E-state index is 11.7. The van der Waals surface area contributed by atoms with Gasteiger partial charge in [-0.05, 0) is 30.2 Å². The lowest BCUT2D eigenvalue weighted by atomic mass is 10.1. The molecule has 0 bridgehead atoms. The summed E-state index contributed by atoms with van der Waals surface area (Å²) >= 11 is 0. The predicted octanol–water partition coefficient (Wildman–Crippen LogP) is 2.61. The summed E-state index contributed by atoms with van der Waals surface area (Å²) in [6.45, 7) is 2.10. The van der Waals surface area contributed by atoms with Gasteiger partial charge >= 0.3 is 10.2 Å². The minimum absolute atomic E-state index is 0.281. The van der Waals surface area contributed by atoms with Crippen molar-refractivity contribution in [3.63, 3.8) is 0 Å². The molecular formula is C15H20N4O2S. The normalized spacial score (nSPS) is 11.5. The first-order chi connectivity index (χ1) is 10.4. The number of aryl methyl sites for hydroxylation is 1. The smallest absolute Gasteiger partial charge is 0.302 e. The van der Waals surface area contributed by atoms with Crippen molar-refractivity contribution in [2.75, 3.05) is 24.1 Å². The number of pyridine rings is 1. The standard InChI is InChI=1S/C15H20N4O2S/c1-4-12-7-5-6-8-14(12)17-13-9-10-15(16-11-13)18-22(20,21)19(2)3/h5-11,17H,4H2,1-3H3,(H,16,18). The molecule has 0 amide bonds. The number of benzene rings is 1. The van der Waals surface area contributed by atoms with Crippen molar-refractivity contribution >= 4 is 27.4 Å². The molecule has 0 aliphatic rings. The Morgan fingerprint density at radius 2 is 1.86 bits per heavy atom. The Morgan fingerprint density at radius 1 is 1.14 bits per heavy atom. The molecule has 0 spiro atoms. The van der Waals surface area contributed by atoms with Crippen molar-refractivity contribution in [2.24, 2.45) is 0 Å². The predicted molar refractivity (Wildman–Crippen MR) is 89.6 cm³/mol. The fourth-order valence-electron chi connectivity index (χ4n) is 1.86. The van der Waals surface area contributed by atoms with Crippen molar-refractivity contribution in [3.05, 3.63) is 48.2 Å². The molecule has 1 aromatic carbocycles. The average Bonchev–Trinajstić information content (AvgIpc) is 2.49. The van der Waals surface area contributed by atoms with Gasteiger partial charge in [0.25, 0.3) is 0 Å². The van der Waals surface area contributed by atoms with Gasteiger partial charge in [0.15, 0.2) is 0 Å². The maximum absolute atomic E-state index is 11.7. The second-order valence-electron chi connectivity index (χ2n) is 4.96. The van der Waals surface area contributed by atoms with Gasteiger partial charge in [0.2, 0.25) is 0 Å². The molecule has 2 aromatic rings. The number of hydrogen-bond acceptors (Lipinski definition) is 4. The Balaban J connectivity index is 2.13. The van der Waals surface area contributed by atoms with Crippen molar-refractivity contribution < 1.29 is 8.42 Å². The molecule has 0 saturated heterocycles. The Morgan fingerprint density at radius 3 is 2.45 bits per heavy atom. The van der Waals surface area contributed by atoms with Crippen LogP contribution in [0, 0.1) is 0 Å². The number of hydrogen-bond donors (Lipinski definition) is 2. The van der Waals surface area contributed by atoms with Crippen molar-refractivity contribution in [1.29, 1.82) is 0 Å². The highest BCUT2D eigenvalue weighted by Gasteiger charge is 2.13. The Hall–Kier alpha value is -2.12. The molecule has 0 radical (unpaired) electrons. The number of para-hydroxylation sites is 1. The van der Waals surface area contributed by atoms with Crippen LogP contribution in [-0.2, 0) is 16.6 Å². The van der Waals surface area contributed by atoms with E-state index in [1.54, 1.807) is 18.3 Å². The van der Waals surface area contributed by atoms with E-state index in [9.17, 15) is 8.42 Å². The highest BCUT2D eigenvalue weighted by molar-refractivity contribution is 7.90. The lowest BCUT2D eigenvalue weighted by molar-refractivity contribution is 0.526. The largest absolute Gasteiger partial charge is 0.354 e. The van der Waals surface area contributed by atoms with Crippen LogP contribution in [-0.4, -0.2) is 31.8 Å². The van der Waals surface area contributed by atoms with Gasteiger partial charge in [-0.1, -0.05) is 25.1 Å². The molecule has 7 heteroatoms. The summed E-state index contributed by atoms with van der Waals surface area (Å²) in [6.07, 6.45) is 2.53. The molecule has 22 heavy (non-hydrogen) atoms. The molecule has 0 aliphatic heterocycles. The Labute approximate surface area is 131 Å². The van der Waals surface area contributed by atoms with Crippen LogP contribution in [0.1, 0.15) is 12.5 Å². The van der Waals surface area contributed by atoms with E-state index >= 15 is 0 Å². The number of rotatable bonds is 6. The third-order valence-electron chi connectivity index (χ3n) is 3.16. The first-order valence-electron chi connectivity index (χ1n) is 6.93. The molecule has 1 heterocycles. The van der Waals surface area contributed by atoms with Crippen LogP contribution >= 0.6 is 0 Å². The van der Waals surface area contributed by atoms with E-state index in [0.717, 1.165) is 22.1 Å². The highest BCUT2D eigenvalue weighted by atomic mass is 32.2. The molecule has 0 aliphatic carbocycles. The number of nitrogens with zero attached hydrogens (tertiary/aromatic N) is 2. The molecule has 0 fully saturated rings. The van der Waals surface area contributed by atoms with Crippen LogP contribution in [0.5, 0.6) is 0 Å². The van der Waals surface area contributed by atoms with E-state index in [0.29, 0.717) is 0 Å². The van der Waals surface area contributed by atoms with Crippen LogP contribution in [0.4, 0.5) is 17.2 Å². The van der Waals surface area contributed by atoms with Crippen molar-refractivity contribution in [3.8, 4) is 0 Å². The fourth-order valence-corrected chi connectivity index (χ4v) is 2.43. The minimum Gasteiger partial charge on any atom is -0.354 e. The second-order valence-corrected chi connectivity index (χ2v) is 6.84. The van der Waals surface area contributed by atoms with Gasteiger partial charge in [-0.3, -0.25) is 4.72 Å². The summed E-state index contributed by atoms with van der Waals surface area (Å²) in [5.74, 6) is 0.281. The summed E-state index contributed by atoms with van der Waals surface area (Å²) in [5.41, 5.74) is 3.03. The van der Waals surface area contributed by atoms with Crippen molar-refractivity contribution in [2.45, 2.75) is 13.3 Å². The third-order valence-corrected chi connectivity index (χ3v) is 4.58. The summed E-state index contributed by atoms with van der Waals surface area (Å²) in [5, 5.41) is 3.29. The zero-order valence-electron chi connectivity index (χ0n) is 12.9. The monoisotopic (exact) mass is 320 g/mol. The Bertz CT molecular complexity index is 727. The van der Waals surface area contributed by atoms with Crippen LogP contribution < -0.4 is 10.0 Å². The minimum atomic E-state index is -3.53. The van der Waals surface area contributed by atoms with Crippen molar-refractivity contribution in [1.82, 2.24) is 9.29 Å². The van der Waals surface area contributed by atoms with Crippen LogP contribution in [0.15, 0.2) is 42.6 Å². The van der Waals surface area contributed by atoms with Gasteiger partial charge in [0.05, 0.1) is 11.9 Å². The summed E-state index contributed by atoms with van der Waals surface area (Å²) in [7, 11) is -0.617. The van der Waals surface area contributed by atoms with E-state index in [2.05, 4.69) is 28.0 Å². The van der Waals surface area contributed by atoms with Gasteiger partial charge in [-0.15, -0.1) is 0 Å². The zero-order chi connectivity index (χ0) is 16.2. The highest BCUT2D eigenvalue weighted by Crippen LogP contribution is 2.21. The molecular weight excluding hydrogens is 300 g/mol. The molecule has 0 atom stereocenters. The summed E-state index contributed by atoms with van der Waals surface area (Å²) in [6, 6.07) is 11.4. The third kappa shape index (κ3) is 3.96. The average molecular weight is 320 g/mol. The topological polar surface area (TPSA) is 74.3 Å². The number of nitrogens with one attached hydrogen (secondary N) is 2. The van der Waals surface area contributed by atoms with Gasteiger partial charge < -0.3 is 5.32 Å². The van der Waals surface area contributed by atoms with E-state index in [-0.39, 0.29) is 5.82 Å². The fraction of sp³-hybridized carbons (Fsp3) is 0.267. The lowest BCUT2D eigenvalue weighted by Gasteiger charge is -2.14. The van der Waals surface area contributed by atoms with Crippen LogP contribution in [0.2, 0.25) is 0 Å². The second kappa shape index (κ2) is 6.76. The van der Waals surface area contributed by atoms with Crippen LogP contribution in [0.25, 0.3) is 0 Å².